The predicted octanol–water partition coefficient (Wildman–Crippen LogP) is 2.16. The van der Waals surface area contributed by atoms with E-state index >= 15 is 0 Å². The van der Waals surface area contributed by atoms with Crippen molar-refractivity contribution in [3.05, 3.63) is 29.8 Å². The molecule has 126 valence electrons. The number of carbonyl (C=O) groups excluding carboxylic acids is 1. The van der Waals surface area contributed by atoms with Crippen molar-refractivity contribution >= 4 is 5.91 Å². The number of benzene rings is 1. The van der Waals surface area contributed by atoms with E-state index in [9.17, 15) is 4.79 Å². The monoisotopic (exact) mass is 318 g/mol. The van der Waals surface area contributed by atoms with E-state index in [1.165, 1.54) is 0 Å². The lowest BCUT2D eigenvalue weighted by molar-refractivity contribution is -0.137. The van der Waals surface area contributed by atoms with Crippen molar-refractivity contribution in [2.45, 2.75) is 44.8 Å². The maximum absolute atomic E-state index is 13.0. The number of amides is 1. The van der Waals surface area contributed by atoms with Crippen LogP contribution in [0.25, 0.3) is 0 Å². The number of nitrogens with one attached hydrogen (secondary N) is 1. The number of fused-ring (bicyclic) bond motifs is 1. The Hall–Kier alpha value is -1.59. The lowest BCUT2D eigenvalue weighted by Gasteiger charge is -2.40. The standard InChI is InChI=1S/C18H26N2O3/c1-17(2)11-14(13-5-3-4-6-15(13)23-17)20-16(21)18(12-19)7-9-22-10-8-18/h3-6,14H,7-12,19H2,1-2H3,(H,20,21). The second kappa shape index (κ2) is 6.13. The third kappa shape index (κ3) is 3.21. The van der Waals surface area contributed by atoms with E-state index in [1.807, 2.05) is 24.3 Å². The number of ether oxygens (including phenoxy) is 2. The van der Waals surface area contributed by atoms with Gasteiger partial charge in [0.1, 0.15) is 11.4 Å². The molecule has 3 rings (SSSR count). The number of carbonyl (C=O) groups is 1. The molecule has 2 heterocycles. The van der Waals surface area contributed by atoms with Gasteiger partial charge in [0.25, 0.3) is 0 Å². The molecule has 2 aliphatic heterocycles. The van der Waals surface area contributed by atoms with Crippen LogP contribution in [0.3, 0.4) is 0 Å². The molecule has 0 aromatic heterocycles. The van der Waals surface area contributed by atoms with Gasteiger partial charge >= 0.3 is 0 Å². The van der Waals surface area contributed by atoms with E-state index in [0.29, 0.717) is 32.6 Å². The molecular formula is C18H26N2O3. The number of hydrogen-bond acceptors (Lipinski definition) is 4. The summed E-state index contributed by atoms with van der Waals surface area (Å²) in [5.74, 6) is 0.892. The van der Waals surface area contributed by atoms with E-state index in [2.05, 4.69) is 19.2 Å². The van der Waals surface area contributed by atoms with Crippen molar-refractivity contribution in [2.75, 3.05) is 19.8 Å². The Balaban J connectivity index is 1.83. The molecule has 0 bridgehead atoms. The summed E-state index contributed by atoms with van der Waals surface area (Å²) < 4.78 is 11.4. The molecule has 5 heteroatoms. The van der Waals surface area contributed by atoms with Crippen molar-refractivity contribution in [1.82, 2.24) is 5.32 Å². The molecule has 1 aromatic rings. The van der Waals surface area contributed by atoms with Crippen molar-refractivity contribution in [3.8, 4) is 5.75 Å². The molecule has 1 fully saturated rings. The van der Waals surface area contributed by atoms with Crippen LogP contribution in [0.1, 0.15) is 44.7 Å². The fraction of sp³-hybridized carbons (Fsp3) is 0.611. The maximum Gasteiger partial charge on any atom is 0.228 e. The fourth-order valence-corrected chi connectivity index (χ4v) is 3.53. The Bertz CT molecular complexity index is 579. The molecule has 1 unspecified atom stereocenters. The van der Waals surface area contributed by atoms with Crippen LogP contribution in [-0.2, 0) is 9.53 Å². The van der Waals surface area contributed by atoms with Crippen LogP contribution >= 0.6 is 0 Å². The van der Waals surface area contributed by atoms with E-state index in [4.69, 9.17) is 15.2 Å². The minimum absolute atomic E-state index is 0.0424. The van der Waals surface area contributed by atoms with Crippen LogP contribution < -0.4 is 15.8 Å². The summed E-state index contributed by atoms with van der Waals surface area (Å²) in [6.45, 7) is 5.65. The van der Waals surface area contributed by atoms with E-state index < -0.39 is 5.41 Å². The quantitative estimate of drug-likeness (QED) is 0.896. The number of hydrogen-bond donors (Lipinski definition) is 2. The first-order valence-electron chi connectivity index (χ1n) is 8.33. The third-order valence-corrected chi connectivity index (χ3v) is 5.00. The summed E-state index contributed by atoms with van der Waals surface area (Å²) in [6.07, 6.45) is 2.11. The lowest BCUT2D eigenvalue weighted by Crippen LogP contribution is -2.51. The molecular weight excluding hydrogens is 292 g/mol. The Morgan fingerprint density at radius 1 is 1.30 bits per heavy atom. The average molecular weight is 318 g/mol. The van der Waals surface area contributed by atoms with Crippen LogP contribution in [0, 0.1) is 5.41 Å². The number of para-hydroxylation sites is 1. The van der Waals surface area contributed by atoms with Gasteiger partial charge in [-0.2, -0.15) is 0 Å². The van der Waals surface area contributed by atoms with Crippen LogP contribution in [0.15, 0.2) is 24.3 Å². The molecule has 1 saturated heterocycles. The highest BCUT2D eigenvalue weighted by Crippen LogP contribution is 2.40. The van der Waals surface area contributed by atoms with Crippen molar-refractivity contribution in [3.63, 3.8) is 0 Å². The highest BCUT2D eigenvalue weighted by atomic mass is 16.5. The van der Waals surface area contributed by atoms with Crippen molar-refractivity contribution in [1.29, 1.82) is 0 Å². The molecule has 3 N–H and O–H groups in total. The molecule has 23 heavy (non-hydrogen) atoms. The second-order valence-electron chi connectivity index (χ2n) is 7.23. The first-order chi connectivity index (χ1) is 11.0. The highest BCUT2D eigenvalue weighted by molar-refractivity contribution is 5.83. The van der Waals surface area contributed by atoms with E-state index in [-0.39, 0.29) is 17.6 Å². The summed E-state index contributed by atoms with van der Waals surface area (Å²) in [4.78, 5) is 13.0. The molecule has 0 saturated carbocycles. The van der Waals surface area contributed by atoms with Crippen molar-refractivity contribution in [2.24, 2.45) is 11.1 Å². The third-order valence-electron chi connectivity index (χ3n) is 5.00. The molecule has 0 radical (unpaired) electrons. The van der Waals surface area contributed by atoms with Gasteiger partial charge in [-0.1, -0.05) is 18.2 Å². The largest absolute Gasteiger partial charge is 0.487 e. The highest BCUT2D eigenvalue weighted by Gasteiger charge is 2.42. The average Bonchev–Trinajstić information content (AvgIpc) is 2.54. The lowest BCUT2D eigenvalue weighted by atomic mass is 9.78. The van der Waals surface area contributed by atoms with Gasteiger partial charge in [0.05, 0.1) is 11.5 Å². The second-order valence-corrected chi connectivity index (χ2v) is 7.23. The molecule has 0 spiro atoms. The van der Waals surface area contributed by atoms with Gasteiger partial charge in [0.2, 0.25) is 5.91 Å². The molecule has 1 atom stereocenters. The summed E-state index contributed by atoms with van der Waals surface area (Å²) in [5.41, 5.74) is 6.18. The minimum atomic E-state index is -0.504. The molecule has 2 aliphatic rings. The summed E-state index contributed by atoms with van der Waals surface area (Å²) in [7, 11) is 0. The normalized spacial score (nSPS) is 25.1. The maximum atomic E-state index is 13.0. The van der Waals surface area contributed by atoms with Gasteiger partial charge < -0.3 is 20.5 Å². The zero-order chi connectivity index (χ0) is 16.5. The number of nitrogens with two attached hydrogens (primary N) is 1. The smallest absolute Gasteiger partial charge is 0.228 e. The zero-order valence-electron chi connectivity index (χ0n) is 13.9. The first-order valence-corrected chi connectivity index (χ1v) is 8.33. The van der Waals surface area contributed by atoms with Gasteiger partial charge in [-0.3, -0.25) is 4.79 Å². The minimum Gasteiger partial charge on any atom is -0.487 e. The Kier molecular flexibility index (Phi) is 4.34. The van der Waals surface area contributed by atoms with Gasteiger partial charge in [-0.05, 0) is 32.8 Å². The molecule has 1 amide bonds. The molecule has 1 aromatic carbocycles. The number of rotatable bonds is 3. The predicted molar refractivity (Wildman–Crippen MR) is 88.2 cm³/mol. The first kappa shape index (κ1) is 16.3. The van der Waals surface area contributed by atoms with E-state index in [1.54, 1.807) is 0 Å². The Morgan fingerprint density at radius 2 is 2.00 bits per heavy atom. The summed E-state index contributed by atoms with van der Waals surface area (Å²) in [5, 5.41) is 3.24. The van der Waals surface area contributed by atoms with Crippen LogP contribution in [0.5, 0.6) is 5.75 Å². The van der Waals surface area contributed by atoms with Gasteiger partial charge in [-0.15, -0.1) is 0 Å². The van der Waals surface area contributed by atoms with Crippen LogP contribution in [-0.4, -0.2) is 31.3 Å². The molecule has 0 aliphatic carbocycles. The summed E-state index contributed by atoms with van der Waals surface area (Å²) >= 11 is 0. The Labute approximate surface area is 137 Å². The summed E-state index contributed by atoms with van der Waals surface area (Å²) in [6, 6.07) is 7.87. The fourth-order valence-electron chi connectivity index (χ4n) is 3.53. The SMILES string of the molecule is CC1(C)CC(NC(=O)C2(CN)CCOCC2)c2ccccc2O1. The van der Waals surface area contributed by atoms with E-state index in [0.717, 1.165) is 17.7 Å². The van der Waals surface area contributed by atoms with Crippen molar-refractivity contribution < 1.29 is 14.3 Å². The Morgan fingerprint density at radius 3 is 2.70 bits per heavy atom. The van der Waals surface area contributed by atoms with Gasteiger partial charge in [0.15, 0.2) is 0 Å². The topological polar surface area (TPSA) is 73.6 Å². The van der Waals surface area contributed by atoms with Gasteiger partial charge in [0, 0.05) is 31.7 Å². The van der Waals surface area contributed by atoms with Gasteiger partial charge in [-0.25, -0.2) is 0 Å². The molecule has 5 nitrogen and oxygen atoms in total. The van der Waals surface area contributed by atoms with Crippen LogP contribution in [0.2, 0.25) is 0 Å². The zero-order valence-corrected chi connectivity index (χ0v) is 13.9. The van der Waals surface area contributed by atoms with Crippen LogP contribution in [0.4, 0.5) is 0 Å².